The first-order chi connectivity index (χ1) is 8.97. The van der Waals surface area contributed by atoms with Gasteiger partial charge >= 0.3 is 0 Å². The molecule has 0 amide bonds. The second-order valence-electron chi connectivity index (χ2n) is 7.05. The van der Waals surface area contributed by atoms with Gasteiger partial charge in [0.25, 0.3) is 0 Å². The lowest BCUT2D eigenvalue weighted by Crippen LogP contribution is -2.43. The van der Waals surface area contributed by atoms with Gasteiger partial charge in [-0.25, -0.2) is 0 Å². The fourth-order valence-corrected chi connectivity index (χ4v) is 3.26. The Hall–Kier alpha value is -0.890. The number of hydrogen-bond acceptors (Lipinski definition) is 2. The molecule has 1 aliphatic rings. The van der Waals surface area contributed by atoms with E-state index in [-0.39, 0.29) is 0 Å². The Labute approximate surface area is 118 Å². The van der Waals surface area contributed by atoms with Gasteiger partial charge in [-0.3, -0.25) is 4.98 Å². The highest BCUT2D eigenvalue weighted by Crippen LogP contribution is 2.38. The Morgan fingerprint density at radius 1 is 1.21 bits per heavy atom. The molecule has 2 nitrogen and oxygen atoms in total. The SMILES string of the molecule is Cc1ccc(CNC2CCCCC2C(C)(C)C)cn1. The molecule has 1 fully saturated rings. The molecule has 1 N–H and O–H groups in total. The molecule has 1 heterocycles. The van der Waals surface area contributed by atoms with E-state index in [9.17, 15) is 0 Å². The highest BCUT2D eigenvalue weighted by molar-refractivity contribution is 5.13. The quantitative estimate of drug-likeness (QED) is 0.885. The van der Waals surface area contributed by atoms with Crippen LogP contribution in [0.15, 0.2) is 18.3 Å². The summed E-state index contributed by atoms with van der Waals surface area (Å²) in [4.78, 5) is 4.37. The summed E-state index contributed by atoms with van der Waals surface area (Å²) in [5.74, 6) is 0.791. The van der Waals surface area contributed by atoms with E-state index < -0.39 is 0 Å². The first-order valence-corrected chi connectivity index (χ1v) is 7.62. The van der Waals surface area contributed by atoms with Crippen molar-refractivity contribution in [3.63, 3.8) is 0 Å². The van der Waals surface area contributed by atoms with E-state index >= 15 is 0 Å². The predicted octanol–water partition coefficient (Wildman–Crippen LogP) is 4.08. The smallest absolute Gasteiger partial charge is 0.0372 e. The van der Waals surface area contributed by atoms with E-state index in [0.29, 0.717) is 11.5 Å². The second kappa shape index (κ2) is 6.04. The third-order valence-electron chi connectivity index (χ3n) is 4.42. The lowest BCUT2D eigenvalue weighted by Gasteiger charge is -2.41. The van der Waals surface area contributed by atoms with Crippen LogP contribution in [0.25, 0.3) is 0 Å². The van der Waals surface area contributed by atoms with Crippen molar-refractivity contribution in [1.82, 2.24) is 10.3 Å². The lowest BCUT2D eigenvalue weighted by molar-refractivity contribution is 0.130. The molecule has 1 aromatic rings. The van der Waals surface area contributed by atoms with Crippen LogP contribution in [0.1, 0.15) is 57.7 Å². The molecule has 0 spiro atoms. The Morgan fingerprint density at radius 3 is 2.58 bits per heavy atom. The topological polar surface area (TPSA) is 24.9 Å². The molecular formula is C17H28N2. The fourth-order valence-electron chi connectivity index (χ4n) is 3.26. The van der Waals surface area contributed by atoms with Crippen LogP contribution in [0.5, 0.6) is 0 Å². The minimum atomic E-state index is 0.406. The Balaban J connectivity index is 1.94. The number of aromatic nitrogens is 1. The molecule has 2 atom stereocenters. The molecule has 0 radical (unpaired) electrons. The van der Waals surface area contributed by atoms with Crippen molar-refractivity contribution in [1.29, 1.82) is 0 Å². The molecule has 19 heavy (non-hydrogen) atoms. The maximum atomic E-state index is 4.37. The summed E-state index contributed by atoms with van der Waals surface area (Å²) in [7, 11) is 0. The monoisotopic (exact) mass is 260 g/mol. The van der Waals surface area contributed by atoms with Crippen molar-refractivity contribution in [3.8, 4) is 0 Å². The molecule has 1 aliphatic carbocycles. The van der Waals surface area contributed by atoms with Gasteiger partial charge < -0.3 is 5.32 Å². The molecule has 2 rings (SSSR count). The zero-order valence-electron chi connectivity index (χ0n) is 12.9. The van der Waals surface area contributed by atoms with Crippen molar-refractivity contribution < 1.29 is 0 Å². The number of nitrogens with zero attached hydrogens (tertiary/aromatic N) is 1. The molecule has 2 unspecified atom stereocenters. The molecule has 106 valence electrons. The van der Waals surface area contributed by atoms with E-state index in [0.717, 1.165) is 18.2 Å². The predicted molar refractivity (Wildman–Crippen MR) is 81.0 cm³/mol. The minimum absolute atomic E-state index is 0.406. The van der Waals surface area contributed by atoms with E-state index in [1.54, 1.807) is 0 Å². The summed E-state index contributed by atoms with van der Waals surface area (Å²) in [6.07, 6.45) is 7.45. The van der Waals surface area contributed by atoms with Crippen LogP contribution in [0.3, 0.4) is 0 Å². The Bertz CT molecular complexity index is 389. The first kappa shape index (κ1) is 14.5. The van der Waals surface area contributed by atoms with Crippen molar-refractivity contribution in [3.05, 3.63) is 29.6 Å². The van der Waals surface area contributed by atoms with Crippen molar-refractivity contribution >= 4 is 0 Å². The fraction of sp³-hybridized carbons (Fsp3) is 0.706. The highest BCUT2D eigenvalue weighted by atomic mass is 14.9. The van der Waals surface area contributed by atoms with Gasteiger partial charge in [-0.05, 0) is 42.7 Å². The molecule has 0 bridgehead atoms. The van der Waals surface area contributed by atoms with Gasteiger partial charge in [0.2, 0.25) is 0 Å². The van der Waals surface area contributed by atoms with Crippen molar-refractivity contribution in [2.75, 3.05) is 0 Å². The number of aryl methyl sites for hydroxylation is 1. The molecular weight excluding hydrogens is 232 g/mol. The van der Waals surface area contributed by atoms with Crippen LogP contribution in [-0.2, 0) is 6.54 Å². The van der Waals surface area contributed by atoms with Gasteiger partial charge in [-0.15, -0.1) is 0 Å². The average Bonchev–Trinajstić information content (AvgIpc) is 2.37. The number of nitrogens with one attached hydrogen (secondary N) is 1. The molecule has 0 aromatic carbocycles. The number of hydrogen-bond donors (Lipinski definition) is 1. The Morgan fingerprint density at radius 2 is 1.95 bits per heavy atom. The maximum Gasteiger partial charge on any atom is 0.0372 e. The number of pyridine rings is 1. The van der Waals surface area contributed by atoms with Gasteiger partial charge in [-0.1, -0.05) is 39.7 Å². The third-order valence-corrected chi connectivity index (χ3v) is 4.42. The van der Waals surface area contributed by atoms with Crippen LogP contribution < -0.4 is 5.32 Å². The average molecular weight is 260 g/mol. The standard InChI is InChI=1S/C17H28N2/c1-13-9-10-14(11-18-13)12-19-16-8-6-5-7-15(16)17(2,3)4/h9-11,15-16,19H,5-8,12H2,1-4H3. The largest absolute Gasteiger partial charge is 0.310 e. The Kier molecular flexibility index (Phi) is 4.62. The van der Waals surface area contributed by atoms with Crippen LogP contribution >= 0.6 is 0 Å². The molecule has 0 saturated heterocycles. The van der Waals surface area contributed by atoms with Crippen LogP contribution in [0, 0.1) is 18.3 Å². The summed E-state index contributed by atoms with van der Waals surface area (Å²) in [6.45, 7) is 10.1. The van der Waals surface area contributed by atoms with E-state index in [4.69, 9.17) is 0 Å². The van der Waals surface area contributed by atoms with E-state index in [1.165, 1.54) is 31.2 Å². The lowest BCUT2D eigenvalue weighted by atomic mass is 9.69. The summed E-state index contributed by atoms with van der Waals surface area (Å²) >= 11 is 0. The van der Waals surface area contributed by atoms with Gasteiger partial charge in [0.15, 0.2) is 0 Å². The normalized spacial score (nSPS) is 24.4. The van der Waals surface area contributed by atoms with Crippen molar-refractivity contribution in [2.24, 2.45) is 11.3 Å². The summed E-state index contributed by atoms with van der Waals surface area (Å²) in [6, 6.07) is 4.94. The van der Waals surface area contributed by atoms with Crippen LogP contribution in [-0.4, -0.2) is 11.0 Å². The van der Waals surface area contributed by atoms with Gasteiger partial charge in [0, 0.05) is 24.5 Å². The van der Waals surface area contributed by atoms with Gasteiger partial charge in [0.1, 0.15) is 0 Å². The van der Waals surface area contributed by atoms with Crippen LogP contribution in [0.4, 0.5) is 0 Å². The molecule has 1 aromatic heterocycles. The molecule has 2 heteroatoms. The minimum Gasteiger partial charge on any atom is -0.310 e. The molecule has 0 aliphatic heterocycles. The third kappa shape index (κ3) is 4.04. The highest BCUT2D eigenvalue weighted by Gasteiger charge is 2.33. The zero-order chi connectivity index (χ0) is 13.9. The number of rotatable bonds is 3. The van der Waals surface area contributed by atoms with Crippen LogP contribution in [0.2, 0.25) is 0 Å². The summed E-state index contributed by atoms with van der Waals surface area (Å²) < 4.78 is 0. The first-order valence-electron chi connectivity index (χ1n) is 7.62. The summed E-state index contributed by atoms with van der Waals surface area (Å²) in [5.41, 5.74) is 2.79. The second-order valence-corrected chi connectivity index (χ2v) is 7.05. The summed E-state index contributed by atoms with van der Waals surface area (Å²) in [5, 5.41) is 3.77. The van der Waals surface area contributed by atoms with E-state index in [1.807, 2.05) is 13.1 Å². The van der Waals surface area contributed by atoms with Crippen molar-refractivity contribution in [2.45, 2.75) is 66.0 Å². The van der Waals surface area contributed by atoms with Gasteiger partial charge in [0.05, 0.1) is 0 Å². The molecule has 1 saturated carbocycles. The van der Waals surface area contributed by atoms with E-state index in [2.05, 4.69) is 43.2 Å². The maximum absolute atomic E-state index is 4.37. The van der Waals surface area contributed by atoms with Gasteiger partial charge in [-0.2, -0.15) is 0 Å². The zero-order valence-corrected chi connectivity index (χ0v) is 12.9.